The van der Waals surface area contributed by atoms with E-state index in [4.69, 9.17) is 10.1 Å². The number of amides is 4. The number of rotatable bonds is 22. The molecule has 348 valence electrons. The summed E-state index contributed by atoms with van der Waals surface area (Å²) in [6.07, 6.45) is 6.16. The monoisotopic (exact) mass is 901 g/mol. The van der Waals surface area contributed by atoms with E-state index in [1.807, 2.05) is 60.7 Å². The Balaban J connectivity index is 1.09. The Hall–Kier alpha value is -7.14. The van der Waals surface area contributed by atoms with Crippen molar-refractivity contribution in [2.24, 2.45) is 0 Å². The van der Waals surface area contributed by atoms with Crippen LogP contribution in [0, 0.1) is 0 Å². The van der Waals surface area contributed by atoms with Gasteiger partial charge >= 0.3 is 11.7 Å². The summed E-state index contributed by atoms with van der Waals surface area (Å²) < 4.78 is 4.45. The summed E-state index contributed by atoms with van der Waals surface area (Å²) in [5.74, 6) is -2.17. The molecule has 0 bridgehead atoms. The average molecular weight is 902 g/mol. The second kappa shape index (κ2) is 23.7. The molecule has 5 N–H and O–H groups in total. The highest BCUT2D eigenvalue weighted by atomic mass is 16.5. The Bertz CT molecular complexity index is 2490. The van der Waals surface area contributed by atoms with Crippen LogP contribution in [-0.4, -0.2) is 98.9 Å². The summed E-state index contributed by atoms with van der Waals surface area (Å²) in [4.78, 5) is 88.4. The third-order valence-electron chi connectivity index (χ3n) is 11.8. The zero-order valence-corrected chi connectivity index (χ0v) is 37.8. The van der Waals surface area contributed by atoms with Gasteiger partial charge in [0.2, 0.25) is 5.91 Å². The number of likely N-dealkylation sites (N-methyl/N-ethyl adjacent to an activating group) is 1. The zero-order valence-electron chi connectivity index (χ0n) is 37.8. The molecule has 1 fully saturated rings. The van der Waals surface area contributed by atoms with Crippen LogP contribution in [0.3, 0.4) is 0 Å². The Morgan fingerprint density at radius 2 is 1.48 bits per heavy atom. The number of hydrogen-bond acceptors (Lipinski definition) is 11. The van der Waals surface area contributed by atoms with Gasteiger partial charge in [0.05, 0.1) is 18.7 Å². The minimum Gasteiger partial charge on any atom is -0.481 e. The molecule has 4 amide bonds. The number of H-pyrrole nitrogens is 1. The van der Waals surface area contributed by atoms with Crippen molar-refractivity contribution in [1.29, 1.82) is 0 Å². The van der Waals surface area contributed by atoms with Gasteiger partial charge in [-0.05, 0) is 110 Å². The fourth-order valence-corrected chi connectivity index (χ4v) is 7.92. The first-order valence-electron chi connectivity index (χ1n) is 22.6. The van der Waals surface area contributed by atoms with Gasteiger partial charge in [0.15, 0.2) is 11.5 Å². The predicted molar refractivity (Wildman–Crippen MR) is 251 cm³/mol. The lowest BCUT2D eigenvalue weighted by Gasteiger charge is -2.32. The number of aryl methyl sites for hydroxylation is 2. The van der Waals surface area contributed by atoms with Gasteiger partial charge in [-0.25, -0.2) is 9.78 Å². The summed E-state index contributed by atoms with van der Waals surface area (Å²) in [5, 5.41) is 21.2. The molecule has 0 spiro atoms. The highest BCUT2D eigenvalue weighted by Crippen LogP contribution is 2.25. The summed E-state index contributed by atoms with van der Waals surface area (Å²) in [6.45, 7) is 7.47. The number of carbonyl (C=O) groups excluding carboxylic acids is 4. The van der Waals surface area contributed by atoms with Crippen LogP contribution in [0.2, 0.25) is 0 Å². The molecule has 2 aromatic heterocycles. The standard InChI is InChI=1S/C49H59N9O8/c1-4-39(5-2)58(29-28-56(3)43(59)24-25-44(60)61)32-35-10-9-11-37(30-35)47(63)52-40-22-23-42(57-26-7-6-8-27-57)54-45(40)48(64)51-38-20-16-34(17-21-38)13-12-33-14-18-36(19-15-33)46(62)50-31-41-53-49(65)66-55-41/h9-11,14-23,30,39H,4-8,12-13,24-29,31-32H2,1-3H3,(H,50,62)(H,51,64)(H,52,63)(H,60,61)(H,53,55,65). The second-order valence-corrected chi connectivity index (χ2v) is 16.5. The number of nitrogens with one attached hydrogen (secondary N) is 4. The van der Waals surface area contributed by atoms with Crippen LogP contribution in [-0.2, 0) is 35.5 Å². The maximum atomic E-state index is 14.0. The van der Waals surface area contributed by atoms with Gasteiger partial charge in [-0.15, -0.1) is 0 Å². The molecule has 66 heavy (non-hydrogen) atoms. The first-order chi connectivity index (χ1) is 31.9. The smallest absolute Gasteiger partial charge is 0.438 e. The van der Waals surface area contributed by atoms with Crippen molar-refractivity contribution in [3.63, 3.8) is 0 Å². The van der Waals surface area contributed by atoms with Gasteiger partial charge in [-0.2, -0.15) is 0 Å². The number of pyridine rings is 1. The maximum Gasteiger partial charge on any atom is 0.438 e. The van der Waals surface area contributed by atoms with Crippen molar-refractivity contribution in [2.45, 2.75) is 90.8 Å². The van der Waals surface area contributed by atoms with E-state index in [1.54, 1.807) is 36.2 Å². The number of carboxylic acids is 1. The van der Waals surface area contributed by atoms with Crippen LogP contribution in [0.15, 0.2) is 94.2 Å². The van der Waals surface area contributed by atoms with Crippen molar-refractivity contribution in [3.8, 4) is 0 Å². The van der Waals surface area contributed by atoms with E-state index in [0.717, 1.165) is 74.7 Å². The number of carbonyl (C=O) groups is 5. The molecule has 3 heterocycles. The molecule has 0 saturated carbocycles. The topological polar surface area (TPSA) is 223 Å². The Morgan fingerprint density at radius 1 is 0.788 bits per heavy atom. The first kappa shape index (κ1) is 48.3. The van der Waals surface area contributed by atoms with Crippen molar-refractivity contribution >= 4 is 46.8 Å². The number of aromatic nitrogens is 3. The quantitative estimate of drug-likeness (QED) is 0.0518. The van der Waals surface area contributed by atoms with Gasteiger partial charge in [-0.3, -0.25) is 38.4 Å². The van der Waals surface area contributed by atoms with Crippen molar-refractivity contribution < 1.29 is 33.6 Å². The van der Waals surface area contributed by atoms with Crippen LogP contribution in [0.1, 0.15) is 113 Å². The van der Waals surface area contributed by atoms with Crippen LogP contribution in [0.5, 0.6) is 0 Å². The number of anilines is 3. The number of aromatic amines is 1. The van der Waals surface area contributed by atoms with Crippen molar-refractivity contribution in [3.05, 3.63) is 135 Å². The van der Waals surface area contributed by atoms with Gasteiger partial charge in [0.1, 0.15) is 5.82 Å². The van der Waals surface area contributed by atoms with Gasteiger partial charge in [0.25, 0.3) is 17.7 Å². The van der Waals surface area contributed by atoms with E-state index in [9.17, 15) is 28.8 Å². The van der Waals surface area contributed by atoms with E-state index in [1.165, 1.54) is 0 Å². The fourth-order valence-electron chi connectivity index (χ4n) is 7.92. The Kier molecular flexibility index (Phi) is 17.3. The normalized spacial score (nSPS) is 12.5. The molecule has 3 aromatic carbocycles. The van der Waals surface area contributed by atoms with E-state index in [-0.39, 0.29) is 60.4 Å². The first-order valence-corrected chi connectivity index (χ1v) is 22.6. The third-order valence-corrected chi connectivity index (χ3v) is 11.8. The number of carboxylic acid groups (broad SMARTS) is 1. The van der Waals surface area contributed by atoms with Crippen molar-refractivity contribution in [2.75, 3.05) is 48.8 Å². The predicted octanol–water partition coefficient (Wildman–Crippen LogP) is 6.28. The Morgan fingerprint density at radius 3 is 2.14 bits per heavy atom. The molecule has 17 nitrogen and oxygen atoms in total. The lowest BCUT2D eigenvalue weighted by molar-refractivity contribution is -0.140. The van der Waals surface area contributed by atoms with Gasteiger partial charge in [0, 0.05) is 69.0 Å². The third kappa shape index (κ3) is 13.9. The number of hydrogen-bond donors (Lipinski definition) is 5. The molecular formula is C49H59N9O8. The molecule has 1 saturated heterocycles. The van der Waals surface area contributed by atoms with E-state index in [2.05, 4.69) is 54.3 Å². The summed E-state index contributed by atoms with van der Waals surface area (Å²) in [6, 6.07) is 26.0. The highest BCUT2D eigenvalue weighted by molar-refractivity contribution is 6.11. The molecule has 1 aliphatic heterocycles. The number of aliphatic carboxylic acids is 1. The van der Waals surface area contributed by atoms with Gasteiger partial charge < -0.3 is 30.9 Å². The second-order valence-electron chi connectivity index (χ2n) is 16.5. The van der Waals surface area contributed by atoms with E-state index >= 15 is 0 Å². The number of nitrogens with zero attached hydrogens (tertiary/aromatic N) is 5. The molecule has 0 atom stereocenters. The molecule has 5 aromatic rings. The summed E-state index contributed by atoms with van der Waals surface area (Å²) >= 11 is 0. The lowest BCUT2D eigenvalue weighted by atomic mass is 10.0. The average Bonchev–Trinajstić information content (AvgIpc) is 3.76. The van der Waals surface area contributed by atoms with Crippen LogP contribution in [0.25, 0.3) is 0 Å². The highest BCUT2D eigenvalue weighted by Gasteiger charge is 2.22. The molecular weight excluding hydrogens is 843 g/mol. The lowest BCUT2D eigenvalue weighted by Crippen LogP contribution is -2.41. The number of benzene rings is 3. The zero-order chi connectivity index (χ0) is 47.0. The maximum absolute atomic E-state index is 14.0. The van der Waals surface area contributed by atoms with Crippen molar-refractivity contribution in [1.82, 2.24) is 30.2 Å². The molecule has 1 aliphatic rings. The summed E-state index contributed by atoms with van der Waals surface area (Å²) in [5.41, 5.74) is 4.84. The molecule has 0 radical (unpaired) electrons. The fraction of sp³-hybridized carbons (Fsp3) is 0.388. The molecule has 6 rings (SSSR count). The SMILES string of the molecule is CCC(CC)N(CCN(C)C(=O)CCC(=O)O)Cc1cccc(C(=O)Nc2ccc(N3CCCCC3)nc2C(=O)Nc2ccc(CCc3ccc(C(=O)NCc4noc(=O)[nH]4)cc3)cc2)c1. The van der Waals surface area contributed by atoms with Crippen LogP contribution >= 0.6 is 0 Å². The molecule has 0 aliphatic carbocycles. The van der Waals surface area contributed by atoms with Crippen LogP contribution in [0.4, 0.5) is 17.2 Å². The molecule has 17 heteroatoms. The van der Waals surface area contributed by atoms with E-state index in [0.29, 0.717) is 42.3 Å². The Labute approximate surface area is 384 Å². The van der Waals surface area contributed by atoms with Gasteiger partial charge in [-0.1, -0.05) is 55.4 Å². The largest absolute Gasteiger partial charge is 0.481 e. The minimum atomic E-state index is -1.00. The number of piperidine rings is 1. The van der Waals surface area contributed by atoms with Crippen LogP contribution < -0.4 is 26.6 Å². The van der Waals surface area contributed by atoms with E-state index < -0.39 is 17.6 Å². The molecule has 0 unspecified atom stereocenters. The summed E-state index contributed by atoms with van der Waals surface area (Å²) in [7, 11) is 1.69. The minimum absolute atomic E-state index is 0.0325.